The van der Waals surface area contributed by atoms with Gasteiger partial charge in [-0.1, -0.05) is 30.3 Å². The Bertz CT molecular complexity index is 928. The van der Waals surface area contributed by atoms with Gasteiger partial charge < -0.3 is 14.4 Å². The largest absolute Gasteiger partial charge is 0.497 e. The predicted molar refractivity (Wildman–Crippen MR) is 103 cm³/mol. The molecule has 3 nitrogen and oxygen atoms in total. The van der Waals surface area contributed by atoms with Crippen LogP contribution in [0.1, 0.15) is 31.2 Å². The number of aliphatic hydroxyl groups is 1. The second-order valence-electron chi connectivity index (χ2n) is 5.98. The molecule has 25 heavy (non-hydrogen) atoms. The highest BCUT2D eigenvalue weighted by Crippen LogP contribution is 2.25. The number of aromatic nitrogens is 1. The van der Waals surface area contributed by atoms with Gasteiger partial charge in [-0.2, -0.15) is 0 Å². The van der Waals surface area contributed by atoms with E-state index in [1.54, 1.807) is 13.2 Å². The molecule has 1 N–H and O–H groups in total. The number of para-hydroxylation sites is 1. The Labute approximate surface area is 148 Å². The predicted octanol–water partition coefficient (Wildman–Crippen LogP) is 4.96. The zero-order valence-electron chi connectivity index (χ0n) is 14.9. The fourth-order valence-corrected chi connectivity index (χ4v) is 3.04. The van der Waals surface area contributed by atoms with Gasteiger partial charge in [-0.05, 0) is 60.7 Å². The molecule has 0 aliphatic carbocycles. The monoisotopic (exact) mass is 333 g/mol. The summed E-state index contributed by atoms with van der Waals surface area (Å²) in [5.41, 5.74) is 7.28. The van der Waals surface area contributed by atoms with E-state index in [2.05, 4.69) is 29.4 Å². The van der Waals surface area contributed by atoms with Gasteiger partial charge in [0, 0.05) is 12.1 Å². The number of nitrogens with zero attached hydrogens (tertiary/aromatic N) is 1. The molecule has 0 fully saturated rings. The number of benzene rings is 2. The molecule has 0 radical (unpaired) electrons. The van der Waals surface area contributed by atoms with E-state index in [0.29, 0.717) is 0 Å². The molecule has 1 heterocycles. The molecule has 3 rings (SSSR count). The zero-order chi connectivity index (χ0) is 17.8. The van der Waals surface area contributed by atoms with Gasteiger partial charge in [0.05, 0.1) is 12.8 Å². The van der Waals surface area contributed by atoms with Crippen LogP contribution in [0.3, 0.4) is 0 Å². The van der Waals surface area contributed by atoms with Crippen LogP contribution in [0.5, 0.6) is 5.75 Å². The normalized spacial score (nSPS) is 11.8. The Morgan fingerprint density at radius 2 is 1.92 bits per heavy atom. The van der Waals surface area contributed by atoms with E-state index in [1.165, 1.54) is 0 Å². The van der Waals surface area contributed by atoms with Crippen molar-refractivity contribution in [2.75, 3.05) is 7.11 Å². The van der Waals surface area contributed by atoms with E-state index in [0.717, 1.165) is 40.0 Å². The lowest BCUT2D eigenvalue weighted by atomic mass is 10.1. The lowest BCUT2D eigenvalue weighted by Gasteiger charge is -2.10. The van der Waals surface area contributed by atoms with E-state index < -0.39 is 6.10 Å². The number of aryl methyl sites for hydroxylation is 1. The number of aliphatic hydroxyl groups excluding tert-OH is 1. The van der Waals surface area contributed by atoms with Crippen molar-refractivity contribution in [1.29, 1.82) is 0 Å². The maximum atomic E-state index is 10.6. The number of ether oxygens (including phenoxy) is 1. The van der Waals surface area contributed by atoms with Crippen molar-refractivity contribution in [1.82, 2.24) is 4.57 Å². The standard InChI is InChI=1S/C22H23NO2/c1-4-23-20-8-6-5-7-18(20)15-21(23)22(24)14-9-16(2)17-10-12-19(25-3)13-11-17/h5-8,10-15,22,24H,4H2,1-3H3. The topological polar surface area (TPSA) is 34.4 Å². The van der Waals surface area contributed by atoms with Crippen LogP contribution in [0.2, 0.25) is 0 Å². The molecule has 0 amide bonds. The van der Waals surface area contributed by atoms with Crippen molar-refractivity contribution >= 4 is 16.5 Å². The van der Waals surface area contributed by atoms with Gasteiger partial charge >= 0.3 is 0 Å². The maximum Gasteiger partial charge on any atom is 0.119 e. The highest BCUT2D eigenvalue weighted by molar-refractivity contribution is 5.81. The summed E-state index contributed by atoms with van der Waals surface area (Å²) in [4.78, 5) is 0. The van der Waals surface area contributed by atoms with Crippen molar-refractivity contribution < 1.29 is 9.84 Å². The van der Waals surface area contributed by atoms with Crippen LogP contribution in [0.4, 0.5) is 0 Å². The molecule has 3 aromatic rings. The van der Waals surface area contributed by atoms with Gasteiger partial charge in [0.15, 0.2) is 0 Å². The smallest absolute Gasteiger partial charge is 0.119 e. The van der Waals surface area contributed by atoms with Crippen molar-refractivity contribution in [3.05, 3.63) is 77.7 Å². The van der Waals surface area contributed by atoms with Gasteiger partial charge in [-0.15, -0.1) is 5.73 Å². The Balaban J connectivity index is 1.92. The first kappa shape index (κ1) is 17.1. The minimum absolute atomic E-state index is 0.694. The van der Waals surface area contributed by atoms with Crippen molar-refractivity contribution in [3.63, 3.8) is 0 Å². The molecular formula is C22H23NO2. The molecule has 0 saturated carbocycles. The van der Waals surface area contributed by atoms with Gasteiger partial charge in [0.1, 0.15) is 11.9 Å². The van der Waals surface area contributed by atoms with E-state index in [4.69, 9.17) is 4.74 Å². The summed E-state index contributed by atoms with van der Waals surface area (Å²) < 4.78 is 7.32. The Kier molecular flexibility index (Phi) is 5.08. The Hall–Kier alpha value is -2.74. The van der Waals surface area contributed by atoms with Gasteiger partial charge in [-0.25, -0.2) is 0 Å². The molecule has 2 aromatic carbocycles. The maximum absolute atomic E-state index is 10.6. The summed E-state index contributed by atoms with van der Waals surface area (Å²) in [6.45, 7) is 4.89. The van der Waals surface area contributed by atoms with Crippen molar-refractivity contribution in [2.24, 2.45) is 0 Å². The number of hydrogen-bond donors (Lipinski definition) is 1. The van der Waals surface area contributed by atoms with Crippen molar-refractivity contribution in [2.45, 2.75) is 26.5 Å². The van der Waals surface area contributed by atoms with Crippen LogP contribution in [0.15, 0.2) is 66.4 Å². The van der Waals surface area contributed by atoms with Crippen molar-refractivity contribution in [3.8, 4) is 5.75 Å². The molecule has 3 heteroatoms. The highest BCUT2D eigenvalue weighted by atomic mass is 16.5. The fourth-order valence-electron chi connectivity index (χ4n) is 3.04. The first-order valence-corrected chi connectivity index (χ1v) is 8.48. The van der Waals surface area contributed by atoms with Gasteiger partial charge in [0.25, 0.3) is 0 Å². The van der Waals surface area contributed by atoms with Crippen LogP contribution < -0.4 is 4.74 Å². The van der Waals surface area contributed by atoms with E-state index >= 15 is 0 Å². The number of hydrogen-bond acceptors (Lipinski definition) is 2. The summed E-state index contributed by atoms with van der Waals surface area (Å²) in [6.07, 6.45) is 1.03. The molecule has 0 saturated heterocycles. The molecule has 0 bridgehead atoms. The number of methoxy groups -OCH3 is 1. The lowest BCUT2D eigenvalue weighted by molar-refractivity contribution is 0.219. The summed E-state index contributed by atoms with van der Waals surface area (Å²) >= 11 is 0. The third-order valence-corrected chi connectivity index (χ3v) is 4.44. The first-order valence-electron chi connectivity index (χ1n) is 8.48. The van der Waals surface area contributed by atoms with Crippen LogP contribution in [0, 0.1) is 0 Å². The lowest BCUT2D eigenvalue weighted by Crippen LogP contribution is -2.04. The molecular weight excluding hydrogens is 310 g/mol. The van der Waals surface area contributed by atoms with Crippen LogP contribution in [-0.4, -0.2) is 16.8 Å². The quantitative estimate of drug-likeness (QED) is 0.670. The SMILES string of the molecule is CCn1c(C(O)C=C=C(C)c2ccc(OC)cc2)cc2ccccc21. The second-order valence-corrected chi connectivity index (χ2v) is 5.98. The van der Waals surface area contributed by atoms with Crippen LogP contribution in [-0.2, 0) is 6.54 Å². The molecule has 0 spiro atoms. The fraction of sp³-hybridized carbons (Fsp3) is 0.227. The Morgan fingerprint density at radius 3 is 2.60 bits per heavy atom. The summed E-state index contributed by atoms with van der Waals surface area (Å²) in [6, 6.07) is 18.1. The minimum atomic E-state index is -0.694. The van der Waals surface area contributed by atoms with Gasteiger partial charge in [0.2, 0.25) is 0 Å². The summed E-state index contributed by atoms with van der Waals surface area (Å²) in [7, 11) is 1.65. The molecule has 1 aromatic heterocycles. The molecule has 0 aliphatic rings. The van der Waals surface area contributed by atoms with E-state index in [1.807, 2.05) is 49.4 Å². The summed E-state index contributed by atoms with van der Waals surface area (Å²) in [5, 5.41) is 11.8. The second kappa shape index (κ2) is 7.43. The van der Waals surface area contributed by atoms with E-state index in [-0.39, 0.29) is 0 Å². The average molecular weight is 333 g/mol. The van der Waals surface area contributed by atoms with Gasteiger partial charge in [-0.3, -0.25) is 0 Å². The van der Waals surface area contributed by atoms with E-state index in [9.17, 15) is 5.11 Å². The third kappa shape index (κ3) is 3.53. The van der Waals surface area contributed by atoms with Crippen LogP contribution >= 0.6 is 0 Å². The Morgan fingerprint density at radius 1 is 1.20 bits per heavy atom. The van der Waals surface area contributed by atoms with Crippen LogP contribution in [0.25, 0.3) is 16.5 Å². The average Bonchev–Trinajstić information content (AvgIpc) is 3.04. The molecule has 1 unspecified atom stereocenters. The number of fused-ring (bicyclic) bond motifs is 1. The molecule has 0 aliphatic heterocycles. The molecule has 128 valence electrons. The number of rotatable bonds is 5. The third-order valence-electron chi connectivity index (χ3n) is 4.44. The zero-order valence-corrected chi connectivity index (χ0v) is 14.9. The molecule has 1 atom stereocenters. The minimum Gasteiger partial charge on any atom is -0.497 e. The highest BCUT2D eigenvalue weighted by Gasteiger charge is 2.12. The summed E-state index contributed by atoms with van der Waals surface area (Å²) in [5.74, 6) is 0.827. The first-order chi connectivity index (χ1) is 12.1.